The molecule has 0 aromatic heterocycles. The van der Waals surface area contributed by atoms with E-state index in [1.165, 1.54) is 0 Å². The number of carbonyl (C=O) groups excluding carboxylic acids is 2. The molecule has 2 amide bonds. The van der Waals surface area contributed by atoms with Crippen LogP contribution in [0.25, 0.3) is 0 Å². The first-order chi connectivity index (χ1) is 12.8. The maximum atomic E-state index is 13.9. The second kappa shape index (κ2) is 7.41. The van der Waals surface area contributed by atoms with E-state index in [4.69, 9.17) is 0 Å². The monoisotopic (exact) mass is 396 g/mol. The number of sulfonamides is 1. The normalized spacial score (nSPS) is 15.7. The van der Waals surface area contributed by atoms with Crippen molar-refractivity contribution in [2.45, 2.75) is 10.9 Å². The lowest BCUT2D eigenvalue weighted by atomic mass is 10.1. The van der Waals surface area contributed by atoms with E-state index in [0.29, 0.717) is 17.7 Å². The summed E-state index contributed by atoms with van der Waals surface area (Å²) in [6, 6.07) is 9.04. The maximum Gasteiger partial charge on any atom is 0.417 e. The van der Waals surface area contributed by atoms with Gasteiger partial charge in [-0.15, -0.1) is 0 Å². The summed E-state index contributed by atoms with van der Waals surface area (Å²) in [7, 11) is -4.49. The molecule has 142 valence electrons. The Labute approximate surface area is 153 Å². The third-order valence-electron chi connectivity index (χ3n) is 3.89. The van der Waals surface area contributed by atoms with Gasteiger partial charge in [-0.25, -0.2) is 31.6 Å². The van der Waals surface area contributed by atoms with Crippen LogP contribution in [0.2, 0.25) is 0 Å². The minimum Gasteiger partial charge on any atom is -0.439 e. The molecule has 1 atom stereocenters. The van der Waals surface area contributed by atoms with Gasteiger partial charge in [-0.05, 0) is 23.8 Å². The first-order valence-corrected chi connectivity index (χ1v) is 9.26. The lowest BCUT2D eigenvalue weighted by molar-refractivity contribution is -0.126. The smallest absolute Gasteiger partial charge is 0.417 e. The summed E-state index contributed by atoms with van der Waals surface area (Å²) < 4.78 is 59.3. The molecule has 0 bridgehead atoms. The molecule has 0 spiro atoms. The van der Waals surface area contributed by atoms with Gasteiger partial charge < -0.3 is 4.74 Å². The fourth-order valence-corrected chi connectivity index (χ4v) is 3.87. The van der Waals surface area contributed by atoms with Crippen molar-refractivity contribution in [2.75, 3.05) is 13.2 Å². The number of hydrogen-bond acceptors (Lipinski definition) is 5. The van der Waals surface area contributed by atoms with Crippen molar-refractivity contribution < 1.29 is 31.5 Å². The number of amides is 2. The number of rotatable bonds is 6. The number of halogens is 2. The van der Waals surface area contributed by atoms with Gasteiger partial charge in [0, 0.05) is 0 Å². The molecule has 7 nitrogen and oxygen atoms in total. The van der Waals surface area contributed by atoms with Crippen LogP contribution < -0.4 is 4.72 Å². The SMILES string of the molecule is O=C1COC(=O)N1C[C@H](NS(=O)(=O)c1cc(F)ccc1F)c1ccccc1. The van der Waals surface area contributed by atoms with E-state index in [2.05, 4.69) is 9.46 Å². The quantitative estimate of drug-likeness (QED) is 0.806. The molecule has 0 radical (unpaired) electrons. The van der Waals surface area contributed by atoms with Gasteiger partial charge in [0.05, 0.1) is 12.6 Å². The van der Waals surface area contributed by atoms with E-state index in [9.17, 15) is 26.8 Å². The predicted octanol–water partition coefficient (Wildman–Crippen LogP) is 1.96. The first-order valence-electron chi connectivity index (χ1n) is 7.77. The molecule has 1 aliphatic heterocycles. The number of nitrogens with zero attached hydrogens (tertiary/aromatic N) is 1. The lowest BCUT2D eigenvalue weighted by Crippen LogP contribution is -2.40. The van der Waals surface area contributed by atoms with Gasteiger partial charge in [0.15, 0.2) is 6.61 Å². The van der Waals surface area contributed by atoms with Crippen molar-refractivity contribution >= 4 is 22.0 Å². The Morgan fingerprint density at radius 3 is 2.44 bits per heavy atom. The highest BCUT2D eigenvalue weighted by molar-refractivity contribution is 7.89. The number of carbonyl (C=O) groups is 2. The van der Waals surface area contributed by atoms with Gasteiger partial charge >= 0.3 is 6.09 Å². The van der Waals surface area contributed by atoms with Crippen molar-refractivity contribution in [3.8, 4) is 0 Å². The number of hydrogen-bond donors (Lipinski definition) is 1. The van der Waals surface area contributed by atoms with E-state index in [1.807, 2.05) is 0 Å². The number of cyclic esters (lactones) is 1. The van der Waals surface area contributed by atoms with Crippen molar-refractivity contribution in [3.05, 3.63) is 65.7 Å². The molecule has 2 aromatic carbocycles. The van der Waals surface area contributed by atoms with Crippen molar-refractivity contribution in [1.29, 1.82) is 0 Å². The summed E-state index contributed by atoms with van der Waals surface area (Å²) in [5.74, 6) is -2.68. The van der Waals surface area contributed by atoms with Crippen molar-refractivity contribution in [1.82, 2.24) is 9.62 Å². The fourth-order valence-electron chi connectivity index (χ4n) is 2.57. The molecule has 0 saturated carbocycles. The van der Waals surface area contributed by atoms with E-state index < -0.39 is 51.2 Å². The van der Waals surface area contributed by atoms with Gasteiger partial charge in [-0.1, -0.05) is 30.3 Å². The molecule has 0 unspecified atom stereocenters. The molecular weight excluding hydrogens is 382 g/mol. The van der Waals surface area contributed by atoms with Crippen LogP contribution in [-0.2, 0) is 19.6 Å². The van der Waals surface area contributed by atoms with Crippen molar-refractivity contribution in [2.24, 2.45) is 0 Å². The third-order valence-corrected chi connectivity index (χ3v) is 5.37. The van der Waals surface area contributed by atoms with Crippen LogP contribution in [0.4, 0.5) is 13.6 Å². The van der Waals surface area contributed by atoms with Crippen LogP contribution in [-0.4, -0.2) is 38.5 Å². The number of ether oxygens (including phenoxy) is 1. The Balaban J connectivity index is 1.95. The van der Waals surface area contributed by atoms with Crippen LogP contribution in [0.1, 0.15) is 11.6 Å². The molecule has 10 heteroatoms. The summed E-state index contributed by atoms with van der Waals surface area (Å²) in [4.78, 5) is 23.3. The third kappa shape index (κ3) is 4.12. The average molecular weight is 396 g/mol. The van der Waals surface area contributed by atoms with E-state index in [0.717, 1.165) is 11.0 Å². The molecule has 1 fully saturated rings. The molecule has 1 heterocycles. The minimum absolute atomic E-state index is 0.363. The summed E-state index contributed by atoms with van der Waals surface area (Å²) in [6.07, 6.45) is -0.905. The van der Waals surface area contributed by atoms with E-state index in [1.54, 1.807) is 30.3 Å². The largest absolute Gasteiger partial charge is 0.439 e. The Morgan fingerprint density at radius 1 is 1.11 bits per heavy atom. The summed E-state index contributed by atoms with van der Waals surface area (Å²) >= 11 is 0. The predicted molar refractivity (Wildman–Crippen MR) is 88.9 cm³/mol. The molecule has 3 rings (SSSR count). The standard InChI is InChI=1S/C17H14F2N2O5S/c18-12-6-7-13(19)15(8-12)27(24,25)20-14(11-4-2-1-3-5-11)9-21-16(22)10-26-17(21)23/h1-8,14,20H,9-10H2/t14-/m0/s1. The van der Waals surface area contributed by atoms with Crippen molar-refractivity contribution in [3.63, 3.8) is 0 Å². The Morgan fingerprint density at radius 2 is 1.81 bits per heavy atom. The highest BCUT2D eigenvalue weighted by Gasteiger charge is 2.35. The lowest BCUT2D eigenvalue weighted by Gasteiger charge is -2.22. The van der Waals surface area contributed by atoms with Gasteiger partial charge in [0.2, 0.25) is 10.0 Å². The van der Waals surface area contributed by atoms with Crippen LogP contribution in [0, 0.1) is 11.6 Å². The van der Waals surface area contributed by atoms with Gasteiger partial charge in [-0.3, -0.25) is 4.79 Å². The molecule has 1 saturated heterocycles. The van der Waals surface area contributed by atoms with Gasteiger partial charge in [0.1, 0.15) is 16.5 Å². The van der Waals surface area contributed by atoms with Gasteiger partial charge in [0.25, 0.3) is 5.91 Å². The number of nitrogens with one attached hydrogen (secondary N) is 1. The molecule has 1 N–H and O–H groups in total. The highest BCUT2D eigenvalue weighted by atomic mass is 32.2. The summed E-state index contributed by atoms with van der Waals surface area (Å²) in [6.45, 7) is -0.802. The topological polar surface area (TPSA) is 92.8 Å². The zero-order valence-electron chi connectivity index (χ0n) is 13.8. The molecular formula is C17H14F2N2O5S. The van der Waals surface area contributed by atoms with Crippen LogP contribution >= 0.6 is 0 Å². The molecule has 27 heavy (non-hydrogen) atoms. The zero-order valence-corrected chi connectivity index (χ0v) is 14.6. The number of imide groups is 1. The summed E-state index contributed by atoms with van der Waals surface area (Å²) in [5.41, 5.74) is 0.422. The van der Waals surface area contributed by atoms with Crippen LogP contribution in [0.15, 0.2) is 53.4 Å². The average Bonchev–Trinajstić information content (AvgIpc) is 2.95. The minimum atomic E-state index is -4.49. The van der Waals surface area contributed by atoms with E-state index in [-0.39, 0.29) is 6.54 Å². The Hall–Kier alpha value is -2.85. The second-order valence-electron chi connectivity index (χ2n) is 5.72. The Kier molecular flexibility index (Phi) is 5.19. The zero-order chi connectivity index (χ0) is 19.6. The highest BCUT2D eigenvalue weighted by Crippen LogP contribution is 2.22. The second-order valence-corrected chi connectivity index (χ2v) is 7.40. The molecule has 0 aliphatic carbocycles. The molecule has 1 aliphatic rings. The van der Waals surface area contributed by atoms with Gasteiger partial charge in [-0.2, -0.15) is 0 Å². The van der Waals surface area contributed by atoms with Crippen LogP contribution in [0.3, 0.4) is 0 Å². The maximum absolute atomic E-state index is 13.9. The van der Waals surface area contributed by atoms with E-state index >= 15 is 0 Å². The Bertz CT molecular complexity index is 966. The summed E-state index contributed by atoms with van der Waals surface area (Å²) in [5, 5.41) is 0. The number of benzene rings is 2. The molecule has 2 aromatic rings. The first kappa shape index (κ1) is 18.9. The fraction of sp³-hybridized carbons (Fsp3) is 0.176. The van der Waals surface area contributed by atoms with Crippen LogP contribution in [0.5, 0.6) is 0 Å².